The summed E-state index contributed by atoms with van der Waals surface area (Å²) in [5.41, 5.74) is 0.218. The summed E-state index contributed by atoms with van der Waals surface area (Å²) >= 11 is 1.27. The largest absolute Gasteiger partial charge is 0.465 e. The van der Waals surface area contributed by atoms with Crippen LogP contribution in [0.25, 0.3) is 0 Å². The molecule has 0 fully saturated rings. The third-order valence-corrected chi connectivity index (χ3v) is 3.58. The molecule has 9 heteroatoms. The van der Waals surface area contributed by atoms with Gasteiger partial charge in [-0.1, -0.05) is 6.92 Å². The van der Waals surface area contributed by atoms with Crippen LogP contribution in [0.4, 0.5) is 4.79 Å². The Morgan fingerprint density at radius 3 is 2.70 bits per heavy atom. The Morgan fingerprint density at radius 1 is 1.35 bits per heavy atom. The normalized spacial score (nSPS) is 10.0. The van der Waals surface area contributed by atoms with E-state index in [0.717, 1.165) is 6.42 Å². The van der Waals surface area contributed by atoms with Gasteiger partial charge in [0.25, 0.3) is 0 Å². The van der Waals surface area contributed by atoms with Crippen molar-refractivity contribution in [2.75, 3.05) is 26.8 Å². The molecule has 0 radical (unpaired) electrons. The van der Waals surface area contributed by atoms with Gasteiger partial charge in [-0.05, 0) is 13.3 Å². The Labute approximate surface area is 138 Å². The van der Waals surface area contributed by atoms with Gasteiger partial charge in [0, 0.05) is 11.9 Å². The highest BCUT2D eigenvalue weighted by Crippen LogP contribution is 2.13. The number of nitrogens with one attached hydrogen (secondary N) is 1. The van der Waals surface area contributed by atoms with Crippen LogP contribution in [0, 0.1) is 0 Å². The highest BCUT2D eigenvalue weighted by Gasteiger charge is 2.17. The predicted molar refractivity (Wildman–Crippen MR) is 84.2 cm³/mol. The predicted octanol–water partition coefficient (Wildman–Crippen LogP) is 1.41. The summed E-state index contributed by atoms with van der Waals surface area (Å²) in [6.45, 7) is 4.48. The lowest BCUT2D eigenvalue weighted by Crippen LogP contribution is -2.42. The van der Waals surface area contributed by atoms with Crippen LogP contribution >= 0.6 is 11.3 Å². The Morgan fingerprint density at radius 2 is 2.09 bits per heavy atom. The van der Waals surface area contributed by atoms with Crippen LogP contribution in [-0.4, -0.2) is 54.7 Å². The quantitative estimate of drug-likeness (QED) is 0.717. The SMILES string of the molecule is CCCN(Cc1nc(C(=O)OC)cs1)C(=O)NCC(=O)OCC. The zero-order valence-corrected chi connectivity index (χ0v) is 14.3. The van der Waals surface area contributed by atoms with E-state index in [4.69, 9.17) is 4.74 Å². The number of nitrogens with zero attached hydrogens (tertiary/aromatic N) is 2. The molecule has 0 saturated heterocycles. The minimum atomic E-state index is -0.513. The lowest BCUT2D eigenvalue weighted by Gasteiger charge is -2.21. The summed E-state index contributed by atoms with van der Waals surface area (Å²) < 4.78 is 9.36. The highest BCUT2D eigenvalue weighted by molar-refractivity contribution is 7.09. The fourth-order valence-corrected chi connectivity index (χ4v) is 2.52. The molecule has 0 aliphatic rings. The van der Waals surface area contributed by atoms with Crippen LogP contribution < -0.4 is 5.32 Å². The molecule has 0 spiro atoms. The molecule has 128 valence electrons. The number of methoxy groups -OCH3 is 1. The second kappa shape index (κ2) is 9.78. The number of esters is 2. The van der Waals surface area contributed by atoms with Crippen LogP contribution in [-0.2, 0) is 20.8 Å². The van der Waals surface area contributed by atoms with E-state index in [0.29, 0.717) is 11.6 Å². The summed E-state index contributed by atoms with van der Waals surface area (Å²) in [6, 6.07) is -0.380. The van der Waals surface area contributed by atoms with E-state index in [1.165, 1.54) is 23.3 Å². The minimum Gasteiger partial charge on any atom is -0.465 e. The lowest BCUT2D eigenvalue weighted by atomic mass is 10.4. The molecule has 0 atom stereocenters. The van der Waals surface area contributed by atoms with E-state index in [1.807, 2.05) is 6.92 Å². The Kier molecular flexibility index (Phi) is 8.03. The summed E-state index contributed by atoms with van der Waals surface area (Å²) in [7, 11) is 1.29. The number of rotatable bonds is 8. The van der Waals surface area contributed by atoms with Crippen molar-refractivity contribution in [3.63, 3.8) is 0 Å². The van der Waals surface area contributed by atoms with Crippen LogP contribution in [0.5, 0.6) is 0 Å². The van der Waals surface area contributed by atoms with Crippen molar-refractivity contribution in [2.45, 2.75) is 26.8 Å². The molecule has 23 heavy (non-hydrogen) atoms. The monoisotopic (exact) mass is 343 g/mol. The van der Waals surface area contributed by atoms with Gasteiger partial charge in [-0.2, -0.15) is 0 Å². The standard InChI is InChI=1S/C14H21N3O5S/c1-4-6-17(14(20)15-7-12(18)22-5-2)8-11-16-10(9-23-11)13(19)21-3/h9H,4-8H2,1-3H3,(H,15,20). The molecule has 0 aromatic carbocycles. The lowest BCUT2D eigenvalue weighted by molar-refractivity contribution is -0.141. The first kappa shape index (κ1) is 18.9. The molecule has 0 aliphatic carbocycles. The van der Waals surface area contributed by atoms with Gasteiger partial charge >= 0.3 is 18.0 Å². The molecule has 1 N–H and O–H groups in total. The summed E-state index contributed by atoms with van der Waals surface area (Å²) in [5.74, 6) is -0.999. The fourth-order valence-electron chi connectivity index (χ4n) is 1.74. The number of thiazole rings is 1. The number of ether oxygens (including phenoxy) is 2. The third kappa shape index (κ3) is 6.23. The first-order chi connectivity index (χ1) is 11.0. The molecule has 8 nitrogen and oxygen atoms in total. The third-order valence-electron chi connectivity index (χ3n) is 2.74. The molecule has 0 aliphatic heterocycles. The second-order valence-electron chi connectivity index (χ2n) is 4.50. The van der Waals surface area contributed by atoms with Gasteiger partial charge in [0.2, 0.25) is 0 Å². The Bertz CT molecular complexity index is 546. The number of carbonyl (C=O) groups is 3. The molecule has 0 saturated carbocycles. The number of urea groups is 1. The van der Waals surface area contributed by atoms with Gasteiger partial charge in [0.1, 0.15) is 11.6 Å². The van der Waals surface area contributed by atoms with E-state index in [-0.39, 0.29) is 31.4 Å². The molecule has 1 aromatic heterocycles. The number of aromatic nitrogens is 1. The van der Waals surface area contributed by atoms with Crippen LogP contribution in [0.15, 0.2) is 5.38 Å². The number of amides is 2. The van der Waals surface area contributed by atoms with E-state index >= 15 is 0 Å². The molecule has 1 rings (SSSR count). The van der Waals surface area contributed by atoms with Crippen molar-refractivity contribution in [2.24, 2.45) is 0 Å². The molecule has 2 amide bonds. The number of carbonyl (C=O) groups excluding carboxylic acids is 3. The highest BCUT2D eigenvalue weighted by atomic mass is 32.1. The smallest absolute Gasteiger partial charge is 0.357 e. The van der Waals surface area contributed by atoms with Crippen molar-refractivity contribution < 1.29 is 23.9 Å². The summed E-state index contributed by atoms with van der Waals surface area (Å²) in [4.78, 5) is 40.5. The molecule has 0 bridgehead atoms. The van der Waals surface area contributed by atoms with Gasteiger partial charge in [0.05, 0.1) is 20.3 Å². The Hall–Kier alpha value is -2.16. The maximum atomic E-state index is 12.1. The average Bonchev–Trinajstić information content (AvgIpc) is 3.00. The summed E-state index contributed by atoms with van der Waals surface area (Å²) in [6.07, 6.45) is 0.752. The van der Waals surface area contributed by atoms with Gasteiger partial charge < -0.3 is 19.7 Å². The molecule has 0 unspecified atom stereocenters. The van der Waals surface area contributed by atoms with Crippen molar-refractivity contribution in [1.82, 2.24) is 15.2 Å². The van der Waals surface area contributed by atoms with Gasteiger partial charge in [-0.3, -0.25) is 4.79 Å². The van der Waals surface area contributed by atoms with E-state index in [2.05, 4.69) is 15.0 Å². The zero-order chi connectivity index (χ0) is 17.2. The van der Waals surface area contributed by atoms with Crippen LogP contribution in [0.1, 0.15) is 35.8 Å². The van der Waals surface area contributed by atoms with Gasteiger partial charge in [-0.15, -0.1) is 11.3 Å². The maximum Gasteiger partial charge on any atom is 0.357 e. The summed E-state index contributed by atoms with van der Waals surface area (Å²) in [5, 5.41) is 4.71. The molecule has 1 aromatic rings. The molecule has 1 heterocycles. The van der Waals surface area contributed by atoms with Crippen molar-refractivity contribution in [3.8, 4) is 0 Å². The topological polar surface area (TPSA) is 97.8 Å². The van der Waals surface area contributed by atoms with Gasteiger partial charge in [-0.25, -0.2) is 14.6 Å². The van der Waals surface area contributed by atoms with E-state index < -0.39 is 11.9 Å². The van der Waals surface area contributed by atoms with E-state index in [1.54, 1.807) is 12.3 Å². The van der Waals surface area contributed by atoms with Crippen LogP contribution in [0.3, 0.4) is 0 Å². The van der Waals surface area contributed by atoms with Crippen molar-refractivity contribution >= 4 is 29.3 Å². The van der Waals surface area contributed by atoms with Crippen LogP contribution in [0.2, 0.25) is 0 Å². The van der Waals surface area contributed by atoms with E-state index in [9.17, 15) is 14.4 Å². The molecular weight excluding hydrogens is 322 g/mol. The van der Waals surface area contributed by atoms with Crippen molar-refractivity contribution in [1.29, 1.82) is 0 Å². The first-order valence-corrected chi connectivity index (χ1v) is 8.10. The van der Waals surface area contributed by atoms with Crippen molar-refractivity contribution in [3.05, 3.63) is 16.1 Å². The molecular formula is C14H21N3O5S. The Balaban J connectivity index is 2.63. The minimum absolute atomic E-state index is 0.182. The first-order valence-electron chi connectivity index (χ1n) is 7.22. The fraction of sp³-hybridized carbons (Fsp3) is 0.571. The maximum absolute atomic E-state index is 12.1. The number of hydrogen-bond acceptors (Lipinski definition) is 7. The van der Waals surface area contributed by atoms with Gasteiger partial charge in [0.15, 0.2) is 5.69 Å². The average molecular weight is 343 g/mol. The number of hydrogen-bond donors (Lipinski definition) is 1. The zero-order valence-electron chi connectivity index (χ0n) is 13.5. The second-order valence-corrected chi connectivity index (χ2v) is 5.45.